The number of carbonyl (C=O) groups is 2. The first kappa shape index (κ1) is 16.8. The zero-order chi connectivity index (χ0) is 15.1. The molecule has 20 heavy (non-hydrogen) atoms. The maximum atomic E-state index is 11.8. The van der Waals surface area contributed by atoms with E-state index in [0.29, 0.717) is 23.0 Å². The van der Waals surface area contributed by atoms with Crippen molar-refractivity contribution in [2.75, 3.05) is 6.54 Å². The van der Waals surface area contributed by atoms with E-state index in [0.717, 1.165) is 5.56 Å². The summed E-state index contributed by atoms with van der Waals surface area (Å²) in [6, 6.07) is 5.03. The summed E-state index contributed by atoms with van der Waals surface area (Å²) >= 11 is 11.7. The van der Waals surface area contributed by atoms with Crippen molar-refractivity contribution in [3.8, 4) is 0 Å². The smallest absolute Gasteiger partial charge is 0.303 e. The molecule has 0 aliphatic heterocycles. The number of amides is 1. The molecule has 6 heteroatoms. The second kappa shape index (κ2) is 8.12. The molecule has 1 unspecified atom stereocenters. The van der Waals surface area contributed by atoms with E-state index in [9.17, 15) is 9.59 Å². The van der Waals surface area contributed by atoms with E-state index in [2.05, 4.69) is 5.32 Å². The number of hydrogen-bond donors (Lipinski definition) is 2. The van der Waals surface area contributed by atoms with Crippen molar-refractivity contribution < 1.29 is 14.7 Å². The summed E-state index contributed by atoms with van der Waals surface area (Å²) in [4.78, 5) is 22.4. The topological polar surface area (TPSA) is 66.4 Å². The summed E-state index contributed by atoms with van der Waals surface area (Å²) in [6.07, 6.45) is 0.962. The summed E-state index contributed by atoms with van der Waals surface area (Å²) in [5.74, 6) is -1.06. The van der Waals surface area contributed by atoms with Crippen LogP contribution < -0.4 is 5.32 Å². The first-order valence-corrected chi connectivity index (χ1v) is 7.10. The van der Waals surface area contributed by atoms with E-state index in [1.54, 1.807) is 18.2 Å². The molecule has 0 spiro atoms. The molecule has 0 aliphatic carbocycles. The van der Waals surface area contributed by atoms with Gasteiger partial charge in [0, 0.05) is 13.0 Å². The first-order chi connectivity index (χ1) is 9.42. The molecule has 1 amide bonds. The highest BCUT2D eigenvalue weighted by Crippen LogP contribution is 2.22. The number of carbonyl (C=O) groups excluding carboxylic acids is 1. The lowest BCUT2D eigenvalue weighted by Gasteiger charge is -2.13. The van der Waals surface area contributed by atoms with E-state index in [-0.39, 0.29) is 24.7 Å². The van der Waals surface area contributed by atoms with Gasteiger partial charge in [0.25, 0.3) is 0 Å². The van der Waals surface area contributed by atoms with Crippen molar-refractivity contribution in [2.45, 2.75) is 26.2 Å². The Morgan fingerprint density at radius 1 is 1.30 bits per heavy atom. The predicted octanol–water partition coefficient (Wildman–Crippen LogP) is 3.15. The maximum absolute atomic E-state index is 11.8. The molecular weight excluding hydrogens is 301 g/mol. The van der Waals surface area contributed by atoms with Gasteiger partial charge in [0.05, 0.1) is 16.5 Å². The van der Waals surface area contributed by atoms with Crippen LogP contribution >= 0.6 is 23.2 Å². The molecule has 1 rings (SSSR count). The number of benzene rings is 1. The quantitative estimate of drug-likeness (QED) is 0.811. The van der Waals surface area contributed by atoms with Crippen LogP contribution in [-0.4, -0.2) is 23.5 Å². The fourth-order valence-electron chi connectivity index (χ4n) is 1.76. The Bertz CT molecular complexity index is 491. The van der Waals surface area contributed by atoms with Crippen LogP contribution in [0.2, 0.25) is 10.0 Å². The van der Waals surface area contributed by atoms with Crippen LogP contribution in [-0.2, 0) is 16.0 Å². The third-order valence-corrected chi connectivity index (χ3v) is 3.72. The molecule has 0 saturated carbocycles. The second-order valence-corrected chi connectivity index (χ2v) is 5.42. The monoisotopic (exact) mass is 317 g/mol. The maximum Gasteiger partial charge on any atom is 0.303 e. The highest BCUT2D eigenvalue weighted by Gasteiger charge is 2.13. The zero-order valence-corrected chi connectivity index (χ0v) is 12.7. The Hall–Kier alpha value is -1.26. The van der Waals surface area contributed by atoms with Gasteiger partial charge < -0.3 is 10.4 Å². The lowest BCUT2D eigenvalue weighted by Crippen LogP contribution is -2.31. The van der Waals surface area contributed by atoms with Crippen LogP contribution in [0, 0.1) is 5.92 Å². The van der Waals surface area contributed by atoms with Gasteiger partial charge in [-0.15, -0.1) is 0 Å². The Labute approximate surface area is 128 Å². The van der Waals surface area contributed by atoms with Crippen LogP contribution in [0.25, 0.3) is 0 Å². The van der Waals surface area contributed by atoms with E-state index in [1.165, 1.54) is 0 Å². The van der Waals surface area contributed by atoms with Crippen LogP contribution in [0.4, 0.5) is 0 Å². The normalized spacial score (nSPS) is 11.9. The van der Waals surface area contributed by atoms with Crippen molar-refractivity contribution in [3.63, 3.8) is 0 Å². The molecule has 1 atom stereocenters. The van der Waals surface area contributed by atoms with Gasteiger partial charge in [0.2, 0.25) is 5.91 Å². The SMILES string of the molecule is CCC(CNC(=O)Cc1ccc(Cl)c(Cl)c1)CC(=O)O. The minimum absolute atomic E-state index is 0.0507. The molecular formula is C14H17Cl2NO3. The van der Waals surface area contributed by atoms with Crippen LogP contribution in [0.1, 0.15) is 25.3 Å². The molecule has 0 aliphatic rings. The number of carboxylic acids is 1. The Kier molecular flexibility index (Phi) is 6.82. The molecule has 0 bridgehead atoms. The largest absolute Gasteiger partial charge is 0.481 e. The first-order valence-electron chi connectivity index (χ1n) is 6.34. The van der Waals surface area contributed by atoms with Crippen molar-refractivity contribution in [2.24, 2.45) is 5.92 Å². The number of hydrogen-bond acceptors (Lipinski definition) is 2. The van der Waals surface area contributed by atoms with E-state index >= 15 is 0 Å². The van der Waals surface area contributed by atoms with E-state index < -0.39 is 5.97 Å². The lowest BCUT2D eigenvalue weighted by molar-refractivity contribution is -0.138. The summed E-state index contributed by atoms with van der Waals surface area (Å²) in [6.45, 7) is 2.27. The number of rotatable bonds is 7. The molecule has 0 aromatic heterocycles. The van der Waals surface area contributed by atoms with Crippen LogP contribution in [0.5, 0.6) is 0 Å². The highest BCUT2D eigenvalue weighted by atomic mass is 35.5. The Morgan fingerprint density at radius 2 is 2.00 bits per heavy atom. The van der Waals surface area contributed by atoms with Gasteiger partial charge in [-0.3, -0.25) is 9.59 Å². The van der Waals surface area contributed by atoms with E-state index in [4.69, 9.17) is 28.3 Å². The van der Waals surface area contributed by atoms with Crippen molar-refractivity contribution in [1.82, 2.24) is 5.32 Å². The average Bonchev–Trinajstić information content (AvgIpc) is 2.38. The summed E-state index contributed by atoms with van der Waals surface area (Å²) in [7, 11) is 0. The highest BCUT2D eigenvalue weighted by molar-refractivity contribution is 6.42. The minimum atomic E-state index is -0.851. The standard InChI is InChI=1S/C14H17Cl2NO3/c1-2-9(7-14(19)20)8-17-13(18)6-10-3-4-11(15)12(16)5-10/h3-5,9H,2,6-8H2,1H3,(H,17,18)(H,19,20). The van der Waals surface area contributed by atoms with E-state index in [1.807, 2.05) is 6.92 Å². The number of nitrogens with one attached hydrogen (secondary N) is 1. The van der Waals surface area contributed by atoms with Gasteiger partial charge in [-0.25, -0.2) is 0 Å². The van der Waals surface area contributed by atoms with Crippen LogP contribution in [0.3, 0.4) is 0 Å². The molecule has 0 saturated heterocycles. The van der Waals surface area contributed by atoms with Gasteiger partial charge in [-0.05, 0) is 23.6 Å². The Morgan fingerprint density at radius 3 is 2.55 bits per heavy atom. The fourth-order valence-corrected chi connectivity index (χ4v) is 2.08. The van der Waals surface area contributed by atoms with Crippen molar-refractivity contribution in [1.29, 1.82) is 0 Å². The fraction of sp³-hybridized carbons (Fsp3) is 0.429. The average molecular weight is 318 g/mol. The van der Waals surface area contributed by atoms with Gasteiger partial charge in [-0.1, -0.05) is 42.6 Å². The van der Waals surface area contributed by atoms with Crippen molar-refractivity contribution >= 4 is 35.1 Å². The lowest BCUT2D eigenvalue weighted by atomic mass is 10.0. The number of aliphatic carboxylic acids is 1. The summed E-state index contributed by atoms with van der Waals surface area (Å²) in [5.41, 5.74) is 0.767. The molecule has 0 fully saturated rings. The Balaban J connectivity index is 2.46. The van der Waals surface area contributed by atoms with Crippen LogP contribution in [0.15, 0.2) is 18.2 Å². The molecule has 0 heterocycles. The van der Waals surface area contributed by atoms with Gasteiger partial charge in [0.15, 0.2) is 0 Å². The minimum Gasteiger partial charge on any atom is -0.481 e. The van der Waals surface area contributed by atoms with Gasteiger partial charge >= 0.3 is 5.97 Å². The molecule has 0 radical (unpaired) electrons. The predicted molar refractivity (Wildman–Crippen MR) is 79.2 cm³/mol. The molecule has 1 aromatic carbocycles. The summed E-state index contributed by atoms with van der Waals surface area (Å²) < 4.78 is 0. The van der Waals surface area contributed by atoms with Crippen molar-refractivity contribution in [3.05, 3.63) is 33.8 Å². The molecule has 110 valence electrons. The van der Waals surface area contributed by atoms with Gasteiger partial charge in [-0.2, -0.15) is 0 Å². The number of carboxylic acid groups (broad SMARTS) is 1. The zero-order valence-electron chi connectivity index (χ0n) is 11.2. The third kappa shape index (κ3) is 5.80. The molecule has 4 nitrogen and oxygen atoms in total. The second-order valence-electron chi connectivity index (χ2n) is 4.60. The molecule has 2 N–H and O–H groups in total. The van der Waals surface area contributed by atoms with Gasteiger partial charge in [0.1, 0.15) is 0 Å². The summed E-state index contributed by atoms with van der Waals surface area (Å²) in [5, 5.41) is 12.3. The molecule has 1 aromatic rings. The number of halogens is 2. The third-order valence-electron chi connectivity index (χ3n) is 2.98.